The van der Waals surface area contributed by atoms with E-state index in [4.69, 9.17) is 0 Å². The van der Waals surface area contributed by atoms with Crippen molar-refractivity contribution in [3.63, 3.8) is 0 Å². The van der Waals surface area contributed by atoms with Gasteiger partial charge in [0.2, 0.25) is 11.8 Å². The van der Waals surface area contributed by atoms with Crippen LogP contribution in [0.15, 0.2) is 24.3 Å². The minimum atomic E-state index is -0.0163. The highest BCUT2D eigenvalue weighted by molar-refractivity contribution is 5.79. The van der Waals surface area contributed by atoms with Crippen molar-refractivity contribution in [1.82, 2.24) is 20.2 Å². The molecular weight excluding hydrogens is 368 g/mol. The maximum Gasteiger partial charge on any atom is 0.248 e. The summed E-state index contributed by atoms with van der Waals surface area (Å²) >= 11 is 0. The molecule has 7 heteroatoms. The van der Waals surface area contributed by atoms with Gasteiger partial charge in [-0.25, -0.2) is 5.01 Å². The largest absolute Gasteiger partial charge is 0.507 e. The molecule has 2 aliphatic heterocycles. The average molecular weight is 394 g/mol. The number of nitrogens with one attached hydrogen (secondary N) is 1. The molecule has 2 heterocycles. The third-order valence-corrected chi connectivity index (χ3v) is 6.53. The first-order valence-electron chi connectivity index (χ1n) is 10.3. The molecule has 152 valence electrons. The highest BCUT2D eigenvalue weighted by Gasteiger charge is 2.36. The summed E-state index contributed by atoms with van der Waals surface area (Å²) in [5, 5.41) is 14.4. The van der Waals surface area contributed by atoms with E-state index < -0.39 is 0 Å². The molecule has 2 unspecified atom stereocenters. The molecule has 0 saturated carbocycles. The smallest absolute Gasteiger partial charge is 0.248 e. The first kappa shape index (κ1) is 18.4. The summed E-state index contributed by atoms with van der Waals surface area (Å²) in [7, 11) is 0. The molecule has 2 amide bonds. The Morgan fingerprint density at radius 2 is 2.00 bits per heavy atom. The predicted molar refractivity (Wildman–Crippen MR) is 109 cm³/mol. The summed E-state index contributed by atoms with van der Waals surface area (Å²) in [4.78, 5) is 28.2. The molecule has 1 saturated heterocycles. The number of phenolic OH excluding ortho intramolecular Hbond substituents is 1. The van der Waals surface area contributed by atoms with Crippen molar-refractivity contribution in [3.05, 3.63) is 40.3 Å². The number of hydrazine groups is 1. The van der Waals surface area contributed by atoms with Crippen LogP contribution >= 0.6 is 0 Å². The second-order valence-corrected chi connectivity index (χ2v) is 8.31. The predicted octanol–water partition coefficient (Wildman–Crippen LogP) is -0.707. The standard InChI is InChI=1S/C22H26N4O3/c1-14(27)25-9-7-24(8-10-25)13-20(29)23-26-12-16-5-6-19(28)17-11-15-3-2-4-18(26)22(15)21(16)17/h2-3,5-6,11,15,18,28H,4,7-10,12-13H2,1H3,(H,23,29). The molecule has 0 aromatic heterocycles. The van der Waals surface area contributed by atoms with Gasteiger partial charge in [0.1, 0.15) is 5.75 Å². The number of benzene rings is 1. The fourth-order valence-corrected chi connectivity index (χ4v) is 5.09. The van der Waals surface area contributed by atoms with Crippen LogP contribution < -0.4 is 15.9 Å². The Morgan fingerprint density at radius 3 is 2.76 bits per heavy atom. The van der Waals surface area contributed by atoms with E-state index in [1.807, 2.05) is 11.0 Å². The number of carbonyl (C=O) groups is 2. The zero-order valence-electron chi connectivity index (χ0n) is 16.6. The van der Waals surface area contributed by atoms with E-state index in [0.717, 1.165) is 30.3 Å². The van der Waals surface area contributed by atoms with Crippen LogP contribution in [0.4, 0.5) is 0 Å². The molecule has 5 rings (SSSR count). The van der Waals surface area contributed by atoms with Crippen molar-refractivity contribution in [2.75, 3.05) is 32.7 Å². The average Bonchev–Trinajstić information content (AvgIpc) is 3.10. The number of nitrogens with zero attached hydrogens (tertiary/aromatic N) is 3. The molecule has 7 nitrogen and oxygen atoms in total. The van der Waals surface area contributed by atoms with Crippen LogP contribution in [0.2, 0.25) is 0 Å². The van der Waals surface area contributed by atoms with E-state index in [0.29, 0.717) is 31.9 Å². The van der Waals surface area contributed by atoms with E-state index in [2.05, 4.69) is 33.6 Å². The molecule has 2 N–H and O–H groups in total. The first-order chi connectivity index (χ1) is 14.0. The van der Waals surface area contributed by atoms with Crippen LogP contribution in [0.25, 0.3) is 11.6 Å². The lowest BCUT2D eigenvalue weighted by molar-refractivity contribution is -0.131. The van der Waals surface area contributed by atoms with Crippen molar-refractivity contribution in [2.45, 2.75) is 25.9 Å². The fourth-order valence-electron chi connectivity index (χ4n) is 5.09. The summed E-state index contributed by atoms with van der Waals surface area (Å²) in [6, 6.07) is 3.84. The maximum absolute atomic E-state index is 12.8. The van der Waals surface area contributed by atoms with Crippen LogP contribution in [0, 0.1) is 5.92 Å². The van der Waals surface area contributed by atoms with Gasteiger partial charge in [-0.1, -0.05) is 24.3 Å². The van der Waals surface area contributed by atoms with E-state index in [1.165, 1.54) is 10.8 Å². The van der Waals surface area contributed by atoms with Crippen LogP contribution in [0.5, 0.6) is 5.75 Å². The van der Waals surface area contributed by atoms with Gasteiger partial charge in [-0.05, 0) is 28.8 Å². The molecule has 29 heavy (non-hydrogen) atoms. The number of hydrogen-bond acceptors (Lipinski definition) is 5. The number of carbonyl (C=O) groups excluding carboxylic acids is 2. The van der Waals surface area contributed by atoms with Crippen LogP contribution in [-0.4, -0.2) is 70.5 Å². The zero-order valence-corrected chi connectivity index (χ0v) is 16.6. The number of piperazine rings is 1. The molecule has 2 aliphatic carbocycles. The quantitative estimate of drug-likeness (QED) is 0.663. The minimum Gasteiger partial charge on any atom is -0.507 e. The van der Waals surface area contributed by atoms with Gasteiger partial charge in [0, 0.05) is 50.8 Å². The fraction of sp³-hybridized carbons (Fsp3) is 0.455. The lowest BCUT2D eigenvalue weighted by atomic mass is 9.84. The number of rotatable bonds is 3. The van der Waals surface area contributed by atoms with Gasteiger partial charge in [-0.3, -0.25) is 19.9 Å². The van der Waals surface area contributed by atoms with Gasteiger partial charge >= 0.3 is 0 Å². The van der Waals surface area contributed by atoms with Gasteiger partial charge in [0.25, 0.3) is 0 Å². The Hall–Kier alpha value is -2.64. The minimum absolute atomic E-state index is 0.0163. The number of allylic oxidation sites excluding steroid dienone is 1. The van der Waals surface area contributed by atoms with E-state index in [9.17, 15) is 14.7 Å². The lowest BCUT2D eigenvalue weighted by Gasteiger charge is -2.39. The highest BCUT2D eigenvalue weighted by Crippen LogP contribution is 2.34. The van der Waals surface area contributed by atoms with E-state index in [1.54, 1.807) is 13.0 Å². The Morgan fingerprint density at radius 1 is 1.21 bits per heavy atom. The number of hydrogen-bond donors (Lipinski definition) is 2. The zero-order chi connectivity index (χ0) is 20.1. The first-order valence-corrected chi connectivity index (χ1v) is 10.3. The van der Waals surface area contributed by atoms with Crippen molar-refractivity contribution < 1.29 is 14.7 Å². The van der Waals surface area contributed by atoms with Crippen LogP contribution in [-0.2, 0) is 16.1 Å². The van der Waals surface area contributed by atoms with Crippen molar-refractivity contribution in [3.8, 4) is 5.75 Å². The lowest BCUT2D eigenvalue weighted by Crippen LogP contribution is -2.57. The molecule has 4 aliphatic rings. The van der Waals surface area contributed by atoms with E-state index >= 15 is 0 Å². The maximum atomic E-state index is 12.8. The topological polar surface area (TPSA) is 76.1 Å². The second-order valence-electron chi connectivity index (χ2n) is 8.31. The van der Waals surface area contributed by atoms with Crippen molar-refractivity contribution >= 4 is 23.5 Å². The molecule has 0 spiro atoms. The van der Waals surface area contributed by atoms with Crippen LogP contribution in [0.3, 0.4) is 0 Å². The van der Waals surface area contributed by atoms with Gasteiger partial charge < -0.3 is 10.0 Å². The monoisotopic (exact) mass is 394 g/mol. The summed E-state index contributed by atoms with van der Waals surface area (Å²) in [5.74, 6) is 0.601. The van der Waals surface area contributed by atoms with E-state index in [-0.39, 0.29) is 23.8 Å². The SMILES string of the molecule is CC(=O)N1CCN(CC(=O)NN2Cc3ccc(O)c4c3=C3C(C=CCC32)C=4)CC1. The molecule has 0 bridgehead atoms. The third kappa shape index (κ3) is 3.14. The number of aromatic hydroxyl groups is 1. The Labute approximate surface area is 169 Å². The normalized spacial score (nSPS) is 25.6. The molecule has 1 aromatic rings. The molecule has 2 atom stereocenters. The second kappa shape index (κ2) is 7.00. The number of amides is 2. The Balaban J connectivity index is 1.31. The van der Waals surface area contributed by atoms with Crippen LogP contribution in [0.1, 0.15) is 18.9 Å². The summed E-state index contributed by atoms with van der Waals surface area (Å²) in [6.45, 7) is 5.35. The Kier molecular flexibility index (Phi) is 4.44. The third-order valence-electron chi connectivity index (χ3n) is 6.53. The molecular formula is C22H26N4O3. The highest BCUT2D eigenvalue weighted by atomic mass is 16.3. The molecule has 1 fully saturated rings. The molecule has 1 aromatic carbocycles. The van der Waals surface area contributed by atoms with Gasteiger partial charge in [-0.15, -0.1) is 0 Å². The van der Waals surface area contributed by atoms with Gasteiger partial charge in [-0.2, -0.15) is 0 Å². The molecule has 0 radical (unpaired) electrons. The number of phenols is 1. The van der Waals surface area contributed by atoms with Crippen molar-refractivity contribution in [1.29, 1.82) is 0 Å². The summed E-state index contributed by atoms with van der Waals surface area (Å²) in [5.41, 5.74) is 5.57. The van der Waals surface area contributed by atoms with Gasteiger partial charge in [0.15, 0.2) is 0 Å². The summed E-state index contributed by atoms with van der Waals surface area (Å²) in [6.07, 6.45) is 7.34. The summed E-state index contributed by atoms with van der Waals surface area (Å²) < 4.78 is 0. The van der Waals surface area contributed by atoms with Gasteiger partial charge in [0.05, 0.1) is 12.6 Å². The Bertz CT molecular complexity index is 1020. The van der Waals surface area contributed by atoms with Crippen molar-refractivity contribution in [2.24, 2.45) is 5.92 Å².